The van der Waals surface area contributed by atoms with Crippen molar-refractivity contribution in [2.24, 2.45) is 0 Å². The average molecular weight is 998 g/mol. The molecule has 0 atom stereocenters. The lowest BCUT2D eigenvalue weighted by atomic mass is 9.67. The summed E-state index contributed by atoms with van der Waals surface area (Å²) in [7, 11) is 0. The summed E-state index contributed by atoms with van der Waals surface area (Å²) in [5.41, 5.74) is 28.1. The Hall–Kier alpha value is -8.84. The summed E-state index contributed by atoms with van der Waals surface area (Å²) < 4.78 is 0. The Morgan fingerprint density at radius 3 is 0.769 bits per heavy atom. The standard InChI is InChI=1S/C78H61/c1-44-34-47(4)69(48(5)35-44)72-57-26-14-18-30-61(57)74(62-31-19-15-27-58(62)72)78(75-63-32-20-16-28-59(63)73(60-29-17-21-33-64(60)75)70-49(6)36-45(2)37-50(70)7)77-67-42-55-24-12-10-22-53(55)40-65(67)76(71-51(8)38-46(3)39-52(71)9)66-41-54-23-11-13-25-56(54)43-68(66)77/h10-43H,1-9H3. The van der Waals surface area contributed by atoms with E-state index in [0.717, 1.165) is 0 Å². The largest absolute Gasteiger partial charge is 0.0647 e. The first-order valence-corrected chi connectivity index (χ1v) is 27.7. The molecule has 0 fully saturated rings. The first-order chi connectivity index (χ1) is 37.9. The molecule has 0 heterocycles. The molecule has 0 aromatic heterocycles. The van der Waals surface area contributed by atoms with Crippen molar-refractivity contribution in [2.75, 3.05) is 0 Å². The molecule has 0 bridgehead atoms. The van der Waals surface area contributed by atoms with Gasteiger partial charge in [0.05, 0.1) is 5.92 Å². The van der Waals surface area contributed by atoms with Crippen LogP contribution < -0.4 is 0 Å². The van der Waals surface area contributed by atoms with E-state index in [1.807, 2.05) is 0 Å². The predicted molar refractivity (Wildman–Crippen MR) is 336 cm³/mol. The highest BCUT2D eigenvalue weighted by atomic mass is 14.4. The van der Waals surface area contributed by atoms with E-state index in [0.29, 0.717) is 0 Å². The first-order valence-electron chi connectivity index (χ1n) is 27.7. The van der Waals surface area contributed by atoms with Crippen molar-refractivity contribution >= 4 is 75.8 Å². The molecule has 0 unspecified atom stereocenters. The predicted octanol–water partition coefficient (Wildman–Crippen LogP) is 21.1. The molecule has 13 aromatic carbocycles. The second kappa shape index (κ2) is 18.1. The van der Waals surface area contributed by atoms with E-state index >= 15 is 0 Å². The molecule has 1 aliphatic rings. The van der Waals surface area contributed by atoms with Gasteiger partial charge >= 0.3 is 0 Å². The lowest BCUT2D eigenvalue weighted by Gasteiger charge is -2.35. The van der Waals surface area contributed by atoms with Gasteiger partial charge in [0, 0.05) is 0 Å². The SMILES string of the molecule is Cc1cc(C)c([C]2c3cc4ccccc4cc3C(=C(c3c4ccccc4c(-c4c(C)cc(C)cc4C)c4ccccc34)c3c4ccccc4c(-c4c(C)cc(C)cc4C)c4ccccc34)c3cc4ccccc4cc32)c(C)c1. The minimum absolute atomic E-state index is 1.22. The van der Waals surface area contributed by atoms with Gasteiger partial charge in [0.25, 0.3) is 0 Å². The summed E-state index contributed by atoms with van der Waals surface area (Å²) in [5, 5.41) is 14.9. The van der Waals surface area contributed by atoms with Gasteiger partial charge < -0.3 is 0 Å². The fourth-order valence-electron chi connectivity index (χ4n) is 14.6. The lowest BCUT2D eigenvalue weighted by Crippen LogP contribution is -2.19. The molecule has 1 aliphatic carbocycles. The molecule has 0 amide bonds. The second-order valence-corrected chi connectivity index (χ2v) is 22.6. The fourth-order valence-corrected chi connectivity index (χ4v) is 14.6. The molecular weight excluding hydrogens is 937 g/mol. The third-order valence-corrected chi connectivity index (χ3v) is 17.2. The summed E-state index contributed by atoms with van der Waals surface area (Å²) >= 11 is 0. The van der Waals surface area contributed by atoms with Crippen molar-refractivity contribution in [3.8, 4) is 22.3 Å². The Labute approximate surface area is 459 Å². The summed E-state index contributed by atoms with van der Waals surface area (Å²) in [5.74, 6) is 1.29. The quantitative estimate of drug-likeness (QED) is 0.151. The third-order valence-electron chi connectivity index (χ3n) is 17.2. The number of aryl methyl sites for hydroxylation is 9. The van der Waals surface area contributed by atoms with Crippen molar-refractivity contribution in [3.63, 3.8) is 0 Å². The van der Waals surface area contributed by atoms with Gasteiger partial charge in [-0.1, -0.05) is 199 Å². The average Bonchev–Trinajstić information content (AvgIpc) is 3.62. The number of hydrogen-bond donors (Lipinski definition) is 0. The topological polar surface area (TPSA) is 0 Å². The van der Waals surface area contributed by atoms with Crippen LogP contribution in [0.5, 0.6) is 0 Å². The van der Waals surface area contributed by atoms with Crippen LogP contribution in [0.3, 0.4) is 0 Å². The maximum absolute atomic E-state index is 2.53. The summed E-state index contributed by atoms with van der Waals surface area (Å²) in [6.07, 6.45) is 0. The van der Waals surface area contributed by atoms with Crippen LogP contribution in [0.4, 0.5) is 0 Å². The molecule has 0 N–H and O–H groups in total. The van der Waals surface area contributed by atoms with E-state index in [2.05, 4.69) is 269 Å². The molecule has 14 rings (SSSR count). The van der Waals surface area contributed by atoms with Gasteiger partial charge in [-0.3, -0.25) is 0 Å². The zero-order valence-corrected chi connectivity index (χ0v) is 46.1. The fraction of sp³-hybridized carbons (Fsp3) is 0.115. The number of rotatable bonds is 5. The zero-order chi connectivity index (χ0) is 53.2. The zero-order valence-electron chi connectivity index (χ0n) is 46.1. The minimum Gasteiger partial charge on any atom is -0.0616 e. The Balaban J connectivity index is 1.28. The van der Waals surface area contributed by atoms with Gasteiger partial charge in [-0.2, -0.15) is 0 Å². The smallest absolute Gasteiger partial charge is 0.0616 e. The molecule has 0 saturated carbocycles. The monoisotopic (exact) mass is 997 g/mol. The first kappa shape index (κ1) is 47.6. The van der Waals surface area contributed by atoms with Gasteiger partial charge in [0.15, 0.2) is 0 Å². The molecule has 0 nitrogen and oxygen atoms in total. The van der Waals surface area contributed by atoms with Crippen molar-refractivity contribution in [2.45, 2.75) is 62.3 Å². The van der Waals surface area contributed by atoms with Crippen LogP contribution in [-0.2, 0) is 0 Å². The maximum atomic E-state index is 2.53. The van der Waals surface area contributed by atoms with Gasteiger partial charge in [0.2, 0.25) is 0 Å². The van der Waals surface area contributed by atoms with E-state index < -0.39 is 0 Å². The van der Waals surface area contributed by atoms with Crippen LogP contribution in [0.25, 0.3) is 98.0 Å². The van der Waals surface area contributed by atoms with Crippen LogP contribution in [0.2, 0.25) is 0 Å². The van der Waals surface area contributed by atoms with Gasteiger partial charge in [0.1, 0.15) is 0 Å². The summed E-state index contributed by atoms with van der Waals surface area (Å²) in [6.45, 7) is 20.5. The molecule has 373 valence electrons. The van der Waals surface area contributed by atoms with Crippen LogP contribution in [0.15, 0.2) is 206 Å². The molecule has 0 spiro atoms. The summed E-state index contributed by atoms with van der Waals surface area (Å²) in [6, 6.07) is 79.6. The van der Waals surface area contributed by atoms with Crippen molar-refractivity contribution in [1.29, 1.82) is 0 Å². The summed E-state index contributed by atoms with van der Waals surface area (Å²) in [4.78, 5) is 0. The number of fused-ring (bicyclic) bond motifs is 8. The van der Waals surface area contributed by atoms with E-state index in [1.54, 1.807) is 0 Å². The molecule has 78 heavy (non-hydrogen) atoms. The molecule has 0 saturated heterocycles. The van der Waals surface area contributed by atoms with Gasteiger partial charge in [-0.05, 0) is 257 Å². The van der Waals surface area contributed by atoms with E-state index in [1.165, 1.54) is 193 Å². The highest BCUT2D eigenvalue weighted by molar-refractivity contribution is 6.30. The molecule has 0 heteroatoms. The van der Waals surface area contributed by atoms with Crippen molar-refractivity contribution in [3.05, 3.63) is 301 Å². The Morgan fingerprint density at radius 2 is 0.474 bits per heavy atom. The van der Waals surface area contributed by atoms with E-state index in [-0.39, 0.29) is 0 Å². The molecule has 0 aliphatic heterocycles. The second-order valence-electron chi connectivity index (χ2n) is 22.6. The lowest BCUT2D eigenvalue weighted by molar-refractivity contribution is 1.13. The normalized spacial score (nSPS) is 12.6. The van der Waals surface area contributed by atoms with E-state index in [9.17, 15) is 0 Å². The minimum atomic E-state index is 1.22. The highest BCUT2D eigenvalue weighted by Gasteiger charge is 2.37. The van der Waals surface area contributed by atoms with Crippen LogP contribution in [0.1, 0.15) is 89.0 Å². The number of hydrogen-bond acceptors (Lipinski definition) is 0. The molecular formula is C78H61. The van der Waals surface area contributed by atoms with Crippen molar-refractivity contribution < 1.29 is 0 Å². The van der Waals surface area contributed by atoms with Crippen LogP contribution >= 0.6 is 0 Å². The van der Waals surface area contributed by atoms with E-state index in [4.69, 9.17) is 0 Å². The highest BCUT2D eigenvalue weighted by Crippen LogP contribution is 2.57. The van der Waals surface area contributed by atoms with Gasteiger partial charge in [-0.15, -0.1) is 0 Å². The Kier molecular flexibility index (Phi) is 11.1. The van der Waals surface area contributed by atoms with Crippen LogP contribution in [-0.4, -0.2) is 0 Å². The Morgan fingerprint density at radius 1 is 0.231 bits per heavy atom. The van der Waals surface area contributed by atoms with Crippen molar-refractivity contribution in [1.82, 2.24) is 0 Å². The van der Waals surface area contributed by atoms with Gasteiger partial charge in [-0.25, -0.2) is 0 Å². The molecule has 13 aromatic rings. The maximum Gasteiger partial charge on any atom is 0.0647 e. The number of benzene rings is 13. The molecule has 1 radical (unpaired) electrons. The van der Waals surface area contributed by atoms with Crippen LogP contribution in [0, 0.1) is 68.2 Å². The third kappa shape index (κ3) is 7.26. The Bertz CT molecular complexity index is 4310.